The van der Waals surface area contributed by atoms with Crippen LogP contribution in [0.1, 0.15) is 34.0 Å². The highest BCUT2D eigenvalue weighted by Crippen LogP contribution is 2.33. The number of urea groups is 1. The molecule has 0 spiro atoms. The summed E-state index contributed by atoms with van der Waals surface area (Å²) in [4.78, 5) is 44.4. The third kappa shape index (κ3) is 4.16. The summed E-state index contributed by atoms with van der Waals surface area (Å²) in [6, 6.07) is 14.1. The van der Waals surface area contributed by atoms with E-state index in [9.17, 15) is 14.4 Å². The van der Waals surface area contributed by atoms with Crippen LogP contribution in [0.25, 0.3) is 11.1 Å². The SMILES string of the molecule is CC#CCOc1ccc2c(c1)C(=O)N(C[C@@]1(c3ccc(-c4cncc(C)c4)cc3)NC(=O)NC1=O)C2. The van der Waals surface area contributed by atoms with E-state index in [0.717, 1.165) is 22.3 Å². The van der Waals surface area contributed by atoms with Crippen molar-refractivity contribution in [1.82, 2.24) is 20.5 Å². The number of carbonyl (C=O) groups excluding carboxylic acids is 3. The summed E-state index contributed by atoms with van der Waals surface area (Å²) < 4.78 is 5.59. The van der Waals surface area contributed by atoms with E-state index in [4.69, 9.17) is 4.74 Å². The van der Waals surface area contributed by atoms with E-state index in [1.165, 1.54) is 0 Å². The molecule has 2 aromatic carbocycles. The van der Waals surface area contributed by atoms with Crippen LogP contribution in [0.15, 0.2) is 60.9 Å². The summed E-state index contributed by atoms with van der Waals surface area (Å²) in [5.74, 6) is 5.41. The molecule has 8 heteroatoms. The Balaban J connectivity index is 1.43. The summed E-state index contributed by atoms with van der Waals surface area (Å²) in [5.41, 5.74) is 3.43. The average molecular weight is 481 g/mol. The van der Waals surface area contributed by atoms with E-state index in [-0.39, 0.29) is 19.1 Å². The highest BCUT2D eigenvalue weighted by Gasteiger charge is 2.50. The molecule has 3 heterocycles. The van der Waals surface area contributed by atoms with Gasteiger partial charge in [0.15, 0.2) is 5.54 Å². The second-order valence-corrected chi connectivity index (χ2v) is 8.84. The highest BCUT2D eigenvalue weighted by molar-refractivity contribution is 6.08. The van der Waals surface area contributed by atoms with Gasteiger partial charge in [-0.05, 0) is 54.3 Å². The summed E-state index contributed by atoms with van der Waals surface area (Å²) in [7, 11) is 0. The number of benzene rings is 2. The van der Waals surface area contributed by atoms with E-state index in [0.29, 0.717) is 23.4 Å². The largest absolute Gasteiger partial charge is 0.481 e. The van der Waals surface area contributed by atoms with Gasteiger partial charge in [-0.25, -0.2) is 4.79 Å². The minimum Gasteiger partial charge on any atom is -0.481 e. The van der Waals surface area contributed by atoms with Gasteiger partial charge in [0.1, 0.15) is 12.4 Å². The van der Waals surface area contributed by atoms with Crippen molar-refractivity contribution in [3.63, 3.8) is 0 Å². The highest BCUT2D eigenvalue weighted by atomic mass is 16.5. The van der Waals surface area contributed by atoms with Crippen LogP contribution in [0, 0.1) is 18.8 Å². The molecule has 2 aliphatic rings. The molecule has 2 aliphatic heterocycles. The second kappa shape index (κ2) is 9.19. The molecule has 1 fully saturated rings. The third-order valence-electron chi connectivity index (χ3n) is 6.40. The molecule has 4 amide bonds. The quantitative estimate of drug-likeness (QED) is 0.417. The first-order chi connectivity index (χ1) is 17.4. The maximum Gasteiger partial charge on any atom is 0.322 e. The van der Waals surface area contributed by atoms with Crippen LogP contribution < -0.4 is 15.4 Å². The fourth-order valence-corrected chi connectivity index (χ4v) is 4.59. The van der Waals surface area contributed by atoms with Crippen molar-refractivity contribution >= 4 is 17.8 Å². The van der Waals surface area contributed by atoms with Gasteiger partial charge >= 0.3 is 6.03 Å². The zero-order chi connectivity index (χ0) is 25.3. The predicted molar refractivity (Wildman–Crippen MR) is 133 cm³/mol. The molecule has 8 nitrogen and oxygen atoms in total. The molecule has 0 radical (unpaired) electrons. The molecule has 180 valence electrons. The lowest BCUT2D eigenvalue weighted by Crippen LogP contribution is -2.52. The molecule has 1 atom stereocenters. The second-order valence-electron chi connectivity index (χ2n) is 8.84. The zero-order valence-corrected chi connectivity index (χ0v) is 19.9. The number of nitrogens with one attached hydrogen (secondary N) is 2. The Morgan fingerprint density at radius 1 is 1.06 bits per heavy atom. The molecule has 0 unspecified atom stereocenters. The minimum absolute atomic E-state index is 0.0130. The van der Waals surface area contributed by atoms with Crippen LogP contribution >= 0.6 is 0 Å². The van der Waals surface area contributed by atoms with Crippen molar-refractivity contribution in [2.24, 2.45) is 0 Å². The third-order valence-corrected chi connectivity index (χ3v) is 6.40. The Morgan fingerprint density at radius 2 is 1.86 bits per heavy atom. The Kier molecular flexibility index (Phi) is 5.90. The normalized spacial score (nSPS) is 18.3. The van der Waals surface area contributed by atoms with Crippen molar-refractivity contribution in [3.8, 4) is 28.7 Å². The van der Waals surface area contributed by atoms with Gasteiger partial charge < -0.3 is 15.0 Å². The van der Waals surface area contributed by atoms with Crippen molar-refractivity contribution in [2.45, 2.75) is 25.9 Å². The van der Waals surface area contributed by atoms with Gasteiger partial charge in [-0.2, -0.15) is 0 Å². The van der Waals surface area contributed by atoms with Gasteiger partial charge in [-0.15, -0.1) is 5.92 Å². The lowest BCUT2D eigenvalue weighted by atomic mass is 9.88. The maximum atomic E-state index is 13.3. The number of hydrogen-bond acceptors (Lipinski definition) is 5. The van der Waals surface area contributed by atoms with E-state index in [1.54, 1.807) is 48.5 Å². The Bertz CT molecular complexity index is 1440. The fourth-order valence-electron chi connectivity index (χ4n) is 4.59. The van der Waals surface area contributed by atoms with Gasteiger partial charge in [0.05, 0.1) is 6.54 Å². The lowest BCUT2D eigenvalue weighted by Gasteiger charge is -2.31. The molecule has 0 bridgehead atoms. The number of carbonyl (C=O) groups is 3. The van der Waals surface area contributed by atoms with Crippen LogP contribution in [-0.4, -0.2) is 40.9 Å². The zero-order valence-electron chi connectivity index (χ0n) is 19.9. The van der Waals surface area contributed by atoms with Gasteiger partial charge in [-0.1, -0.05) is 36.3 Å². The van der Waals surface area contributed by atoms with Crippen LogP contribution in [0.5, 0.6) is 5.75 Å². The van der Waals surface area contributed by atoms with Gasteiger partial charge in [-0.3, -0.25) is 19.9 Å². The topological polar surface area (TPSA) is 101 Å². The Labute approximate surface area is 208 Å². The lowest BCUT2D eigenvalue weighted by molar-refractivity contribution is -0.124. The first-order valence-corrected chi connectivity index (χ1v) is 11.5. The van der Waals surface area contributed by atoms with E-state index >= 15 is 0 Å². The molecule has 2 N–H and O–H groups in total. The van der Waals surface area contributed by atoms with Crippen molar-refractivity contribution in [3.05, 3.63) is 83.2 Å². The molecule has 3 aromatic rings. The number of rotatable bonds is 6. The molecule has 36 heavy (non-hydrogen) atoms. The molecule has 0 saturated carbocycles. The molecular formula is C28H24N4O4. The smallest absolute Gasteiger partial charge is 0.322 e. The summed E-state index contributed by atoms with van der Waals surface area (Å²) in [5, 5.41) is 5.11. The monoisotopic (exact) mass is 480 g/mol. The van der Waals surface area contributed by atoms with Crippen LogP contribution in [0.3, 0.4) is 0 Å². The molecule has 0 aliphatic carbocycles. The van der Waals surface area contributed by atoms with Gasteiger partial charge in [0.2, 0.25) is 0 Å². The standard InChI is InChI=1S/C28H24N4O4/c1-3-4-11-36-23-10-7-20-16-32(25(33)24(20)13-23)17-28(26(34)30-27(35)31-28)22-8-5-19(6-9-22)21-12-18(2)14-29-15-21/h5-10,12-15H,11,16-17H2,1-2H3,(H2,30,31,34,35)/t28-/m0/s1. The van der Waals surface area contributed by atoms with Crippen LogP contribution in [0.2, 0.25) is 0 Å². The summed E-state index contributed by atoms with van der Waals surface area (Å²) in [6.45, 7) is 4.24. The number of nitrogens with zero attached hydrogens (tertiary/aromatic N) is 2. The number of ether oxygens (including phenoxy) is 1. The fraction of sp³-hybridized carbons (Fsp3) is 0.214. The van der Waals surface area contributed by atoms with Gasteiger partial charge in [0, 0.05) is 30.1 Å². The minimum atomic E-state index is -1.41. The van der Waals surface area contributed by atoms with Crippen molar-refractivity contribution in [2.75, 3.05) is 13.2 Å². The van der Waals surface area contributed by atoms with E-state index in [1.807, 2.05) is 31.2 Å². The number of amides is 4. The average Bonchev–Trinajstić information content (AvgIpc) is 3.34. The summed E-state index contributed by atoms with van der Waals surface area (Å²) in [6.07, 6.45) is 3.56. The van der Waals surface area contributed by atoms with Gasteiger partial charge in [0.25, 0.3) is 11.8 Å². The van der Waals surface area contributed by atoms with E-state index in [2.05, 4.69) is 27.5 Å². The Morgan fingerprint density at radius 3 is 2.56 bits per heavy atom. The first kappa shape index (κ1) is 23.1. The molecule has 5 rings (SSSR count). The molecular weight excluding hydrogens is 456 g/mol. The number of fused-ring (bicyclic) bond motifs is 1. The van der Waals surface area contributed by atoms with Crippen molar-refractivity contribution < 1.29 is 19.1 Å². The molecule has 1 saturated heterocycles. The summed E-state index contributed by atoms with van der Waals surface area (Å²) >= 11 is 0. The first-order valence-electron chi connectivity index (χ1n) is 11.5. The Hall–Kier alpha value is -4.64. The van der Waals surface area contributed by atoms with E-state index < -0.39 is 17.5 Å². The number of aromatic nitrogens is 1. The number of pyridine rings is 1. The number of imide groups is 1. The number of aryl methyl sites for hydroxylation is 1. The van der Waals surface area contributed by atoms with Crippen LogP contribution in [0.4, 0.5) is 4.79 Å². The van der Waals surface area contributed by atoms with Crippen LogP contribution in [-0.2, 0) is 16.9 Å². The van der Waals surface area contributed by atoms with Crippen molar-refractivity contribution in [1.29, 1.82) is 0 Å². The number of hydrogen-bond donors (Lipinski definition) is 2. The molecule has 1 aromatic heterocycles. The predicted octanol–water partition coefficient (Wildman–Crippen LogP) is 3.15. The maximum absolute atomic E-state index is 13.3.